The maximum Gasteiger partial charge on any atom is 0.199 e. The third kappa shape index (κ3) is 6.47. The fourth-order valence-electron chi connectivity index (χ4n) is 3.11. The Balaban J connectivity index is 0.00000139. The van der Waals surface area contributed by atoms with E-state index in [2.05, 4.69) is 45.9 Å². The summed E-state index contributed by atoms with van der Waals surface area (Å²) in [7, 11) is 0. The fraction of sp³-hybridized carbons (Fsp3) is 0.727. The molecular formula is C22H38O2. The Morgan fingerprint density at radius 1 is 1.17 bits per heavy atom. The molecule has 0 radical (unpaired) electrons. The topological polar surface area (TPSA) is 18.5 Å². The highest BCUT2D eigenvalue weighted by Gasteiger charge is 2.22. The van der Waals surface area contributed by atoms with Gasteiger partial charge in [-0.3, -0.25) is 0 Å². The van der Waals surface area contributed by atoms with E-state index in [4.69, 9.17) is 9.47 Å². The van der Waals surface area contributed by atoms with Crippen molar-refractivity contribution in [2.75, 3.05) is 6.61 Å². The molecule has 1 saturated heterocycles. The summed E-state index contributed by atoms with van der Waals surface area (Å²) < 4.78 is 11.7. The van der Waals surface area contributed by atoms with Crippen molar-refractivity contribution in [1.82, 2.24) is 0 Å². The van der Waals surface area contributed by atoms with Crippen molar-refractivity contribution in [3.05, 3.63) is 29.3 Å². The first-order valence-corrected chi connectivity index (χ1v) is 9.92. The molecule has 24 heavy (non-hydrogen) atoms. The van der Waals surface area contributed by atoms with E-state index in [9.17, 15) is 0 Å². The van der Waals surface area contributed by atoms with Crippen LogP contribution in [-0.2, 0) is 10.2 Å². The van der Waals surface area contributed by atoms with Crippen LogP contribution in [0.2, 0.25) is 0 Å². The van der Waals surface area contributed by atoms with Gasteiger partial charge in [0.1, 0.15) is 5.75 Å². The largest absolute Gasteiger partial charge is 0.465 e. The zero-order valence-electron chi connectivity index (χ0n) is 16.8. The molecule has 0 amide bonds. The number of benzene rings is 1. The van der Waals surface area contributed by atoms with E-state index in [1.165, 1.54) is 43.2 Å². The van der Waals surface area contributed by atoms with Crippen LogP contribution in [0.25, 0.3) is 0 Å². The average molecular weight is 335 g/mol. The second-order valence-corrected chi connectivity index (χ2v) is 7.24. The zero-order chi connectivity index (χ0) is 18.0. The molecule has 0 bridgehead atoms. The van der Waals surface area contributed by atoms with E-state index in [0.717, 1.165) is 25.2 Å². The number of ether oxygens (including phenoxy) is 2. The van der Waals surface area contributed by atoms with Crippen molar-refractivity contribution < 1.29 is 9.47 Å². The molecule has 1 aromatic rings. The van der Waals surface area contributed by atoms with Gasteiger partial charge in [-0.1, -0.05) is 66.0 Å². The summed E-state index contributed by atoms with van der Waals surface area (Å²) in [5, 5.41) is 0. The summed E-state index contributed by atoms with van der Waals surface area (Å²) in [6.45, 7) is 13.9. The normalized spacial score (nSPS) is 17.8. The summed E-state index contributed by atoms with van der Waals surface area (Å²) >= 11 is 0. The minimum absolute atomic E-state index is 0.0594. The van der Waals surface area contributed by atoms with Gasteiger partial charge >= 0.3 is 0 Å². The van der Waals surface area contributed by atoms with Gasteiger partial charge in [-0.2, -0.15) is 0 Å². The molecule has 138 valence electrons. The number of hydrogen-bond acceptors (Lipinski definition) is 2. The number of hydrogen-bond donors (Lipinski definition) is 0. The molecule has 2 rings (SSSR count). The van der Waals surface area contributed by atoms with E-state index < -0.39 is 0 Å². The van der Waals surface area contributed by atoms with Crippen molar-refractivity contribution in [2.45, 2.75) is 98.2 Å². The molecule has 2 nitrogen and oxygen atoms in total. The van der Waals surface area contributed by atoms with Crippen LogP contribution >= 0.6 is 0 Å². The van der Waals surface area contributed by atoms with Crippen LogP contribution < -0.4 is 4.74 Å². The summed E-state index contributed by atoms with van der Waals surface area (Å²) in [5.41, 5.74) is 2.87. The number of rotatable bonds is 7. The Morgan fingerprint density at radius 3 is 2.50 bits per heavy atom. The molecule has 2 heteroatoms. The highest BCUT2D eigenvalue weighted by Crippen LogP contribution is 2.33. The first-order valence-electron chi connectivity index (χ1n) is 9.92. The van der Waals surface area contributed by atoms with Gasteiger partial charge in [-0.25, -0.2) is 0 Å². The molecule has 1 aliphatic rings. The first kappa shape index (κ1) is 21.0. The number of unbranched alkanes of at least 4 members (excludes halogenated alkanes) is 2. The third-order valence-corrected chi connectivity index (χ3v) is 4.76. The minimum Gasteiger partial charge on any atom is -0.465 e. The van der Waals surface area contributed by atoms with Gasteiger partial charge in [0, 0.05) is 6.42 Å². The Hall–Kier alpha value is -1.02. The quantitative estimate of drug-likeness (QED) is 0.511. The lowest BCUT2D eigenvalue weighted by molar-refractivity contribution is -0.106. The van der Waals surface area contributed by atoms with Crippen molar-refractivity contribution in [3.63, 3.8) is 0 Å². The summed E-state index contributed by atoms with van der Waals surface area (Å²) in [6, 6.07) is 6.66. The second-order valence-electron chi connectivity index (χ2n) is 7.24. The van der Waals surface area contributed by atoms with Crippen molar-refractivity contribution in [1.29, 1.82) is 0 Å². The van der Waals surface area contributed by atoms with Crippen molar-refractivity contribution in [3.8, 4) is 5.75 Å². The van der Waals surface area contributed by atoms with Crippen LogP contribution in [0.5, 0.6) is 5.75 Å². The molecule has 0 aromatic heterocycles. The molecule has 0 aliphatic carbocycles. The SMILES string of the molecule is CC.CCCCCC(C)(C)c1ccc(OC2CCCCO2)c(C)c1. The van der Waals surface area contributed by atoms with Gasteiger partial charge < -0.3 is 9.47 Å². The molecule has 1 fully saturated rings. The van der Waals surface area contributed by atoms with E-state index in [1.807, 2.05) is 13.8 Å². The lowest BCUT2D eigenvalue weighted by Crippen LogP contribution is -2.25. The molecule has 0 saturated carbocycles. The van der Waals surface area contributed by atoms with Gasteiger partial charge in [0.2, 0.25) is 0 Å². The van der Waals surface area contributed by atoms with Crippen LogP contribution in [0.4, 0.5) is 0 Å². The minimum atomic E-state index is -0.0594. The standard InChI is InChI=1S/C20H32O2.C2H6/c1-5-6-8-13-20(3,4)17-11-12-18(16(2)15-17)22-19-10-7-9-14-21-19;1-2/h11-12,15,19H,5-10,13-14H2,1-4H3;1-2H3. The predicted octanol–water partition coefficient (Wildman–Crippen LogP) is 6.78. The van der Waals surface area contributed by atoms with Gasteiger partial charge in [0.15, 0.2) is 6.29 Å². The average Bonchev–Trinajstić information content (AvgIpc) is 2.59. The van der Waals surface area contributed by atoms with Crippen LogP contribution in [0.1, 0.15) is 90.7 Å². The van der Waals surface area contributed by atoms with Gasteiger partial charge in [0.25, 0.3) is 0 Å². The van der Waals surface area contributed by atoms with Gasteiger partial charge in [0.05, 0.1) is 6.61 Å². The van der Waals surface area contributed by atoms with E-state index in [0.29, 0.717) is 0 Å². The zero-order valence-corrected chi connectivity index (χ0v) is 16.8. The molecule has 1 heterocycles. The summed E-state index contributed by atoms with van der Waals surface area (Å²) in [6.07, 6.45) is 8.45. The Labute approximate surface area is 149 Å². The predicted molar refractivity (Wildman–Crippen MR) is 104 cm³/mol. The molecule has 0 spiro atoms. The van der Waals surface area contributed by atoms with Crippen LogP contribution in [-0.4, -0.2) is 12.9 Å². The number of aryl methyl sites for hydroxylation is 1. The molecule has 0 N–H and O–H groups in total. The van der Waals surface area contributed by atoms with Crippen molar-refractivity contribution >= 4 is 0 Å². The summed E-state index contributed by atoms with van der Waals surface area (Å²) in [5.74, 6) is 0.972. The maximum absolute atomic E-state index is 6.03. The van der Waals surface area contributed by atoms with Crippen LogP contribution in [0.3, 0.4) is 0 Å². The fourth-order valence-corrected chi connectivity index (χ4v) is 3.11. The molecule has 1 aliphatic heterocycles. The first-order chi connectivity index (χ1) is 11.5. The van der Waals surface area contributed by atoms with E-state index in [1.54, 1.807) is 0 Å². The van der Waals surface area contributed by atoms with E-state index in [-0.39, 0.29) is 11.7 Å². The lowest BCUT2D eigenvalue weighted by atomic mass is 9.79. The highest BCUT2D eigenvalue weighted by molar-refractivity contribution is 5.39. The monoisotopic (exact) mass is 334 g/mol. The van der Waals surface area contributed by atoms with Gasteiger partial charge in [-0.05, 0) is 48.8 Å². The van der Waals surface area contributed by atoms with Crippen LogP contribution in [0, 0.1) is 6.92 Å². The highest BCUT2D eigenvalue weighted by atomic mass is 16.7. The Morgan fingerprint density at radius 2 is 1.92 bits per heavy atom. The van der Waals surface area contributed by atoms with Gasteiger partial charge in [-0.15, -0.1) is 0 Å². The van der Waals surface area contributed by atoms with E-state index >= 15 is 0 Å². The molecule has 1 atom stereocenters. The Kier molecular flexibility index (Phi) is 9.43. The smallest absolute Gasteiger partial charge is 0.199 e. The summed E-state index contributed by atoms with van der Waals surface area (Å²) in [4.78, 5) is 0. The second kappa shape index (κ2) is 10.8. The third-order valence-electron chi connectivity index (χ3n) is 4.76. The van der Waals surface area contributed by atoms with Crippen molar-refractivity contribution in [2.24, 2.45) is 0 Å². The maximum atomic E-state index is 6.03. The lowest BCUT2D eigenvalue weighted by Gasteiger charge is -2.28. The molecule has 1 aromatic carbocycles. The molecular weight excluding hydrogens is 296 g/mol. The Bertz CT molecular complexity index is 459. The van der Waals surface area contributed by atoms with Crippen LogP contribution in [0.15, 0.2) is 18.2 Å². The molecule has 1 unspecified atom stereocenters.